The number of methoxy groups -OCH3 is 3. The van der Waals surface area contributed by atoms with E-state index in [0.29, 0.717) is 47.6 Å². The summed E-state index contributed by atoms with van der Waals surface area (Å²) in [7, 11) is 4.67. The van der Waals surface area contributed by atoms with E-state index in [-0.39, 0.29) is 23.9 Å². The maximum Gasteiger partial charge on any atom is 0.247 e. The molecule has 1 aromatic carbocycles. The first-order valence-corrected chi connectivity index (χ1v) is 8.87. The number of ether oxygens (including phenoxy) is 4. The van der Waals surface area contributed by atoms with E-state index in [4.69, 9.17) is 29.2 Å². The van der Waals surface area contributed by atoms with Crippen LogP contribution in [0, 0.1) is 5.41 Å². The molecule has 2 unspecified atom stereocenters. The second-order valence-corrected chi connectivity index (χ2v) is 7.18. The number of aromatic nitrogens is 2. The highest BCUT2D eigenvalue weighted by Gasteiger charge is 2.62. The van der Waals surface area contributed by atoms with Crippen molar-refractivity contribution in [2.45, 2.75) is 38.8 Å². The molecule has 0 radical (unpaired) electrons. The van der Waals surface area contributed by atoms with Crippen molar-refractivity contribution in [1.29, 1.82) is 0 Å². The van der Waals surface area contributed by atoms with Crippen LogP contribution in [0.4, 0.5) is 0 Å². The van der Waals surface area contributed by atoms with Crippen LogP contribution in [0.5, 0.6) is 17.2 Å². The van der Waals surface area contributed by atoms with E-state index in [9.17, 15) is 0 Å². The summed E-state index contributed by atoms with van der Waals surface area (Å²) in [5, 5.41) is 4.12. The molecule has 1 aliphatic carbocycles. The molecule has 0 aliphatic heterocycles. The molecule has 1 heterocycles. The third-order valence-corrected chi connectivity index (χ3v) is 5.56. The van der Waals surface area contributed by atoms with E-state index in [1.807, 2.05) is 6.92 Å². The van der Waals surface area contributed by atoms with Crippen LogP contribution in [-0.4, -0.2) is 44.2 Å². The summed E-state index contributed by atoms with van der Waals surface area (Å²) in [6, 6.07) is 3.54. The summed E-state index contributed by atoms with van der Waals surface area (Å²) < 4.78 is 27.4. The fraction of sp³-hybridized carbons (Fsp3) is 0.579. The molecule has 28 heavy (non-hydrogen) atoms. The van der Waals surface area contributed by atoms with E-state index in [1.165, 1.54) is 0 Å². The summed E-state index contributed by atoms with van der Waals surface area (Å²) in [6.07, 6.45) is 0.689. The molecule has 8 nitrogen and oxygen atoms in total. The summed E-state index contributed by atoms with van der Waals surface area (Å²) in [6.45, 7) is 6.73. The van der Waals surface area contributed by atoms with Crippen LogP contribution >= 0.6 is 12.4 Å². The van der Waals surface area contributed by atoms with Gasteiger partial charge in [0.25, 0.3) is 0 Å². The van der Waals surface area contributed by atoms with Gasteiger partial charge in [-0.1, -0.05) is 19.0 Å². The van der Waals surface area contributed by atoms with Gasteiger partial charge in [0.1, 0.15) is 5.54 Å². The van der Waals surface area contributed by atoms with E-state index in [2.05, 4.69) is 24.0 Å². The molecule has 2 N–H and O–H groups in total. The predicted octanol–water partition coefficient (Wildman–Crippen LogP) is 3.17. The molecule has 9 heteroatoms. The Labute approximate surface area is 171 Å². The number of benzene rings is 1. The molecular formula is C19H28ClN3O5. The largest absolute Gasteiger partial charge is 0.493 e. The smallest absolute Gasteiger partial charge is 0.247 e. The maximum absolute atomic E-state index is 6.63. The van der Waals surface area contributed by atoms with Crippen molar-refractivity contribution in [3.05, 3.63) is 18.0 Å². The summed E-state index contributed by atoms with van der Waals surface area (Å²) in [5.74, 6) is 2.33. The standard InChI is InChI=1S/C19H27N3O5.ClH/c1-7-26-14-10-19(20,18(14,2)3)17-21-16(22-27-17)11-8-12(23-4)15(25-6)13(9-11)24-5;/h8-9,14H,7,10,20H2,1-6H3;1H. The van der Waals surface area contributed by atoms with Gasteiger partial charge in [0.2, 0.25) is 17.5 Å². The topological polar surface area (TPSA) is 102 Å². The van der Waals surface area contributed by atoms with Crippen LogP contribution < -0.4 is 19.9 Å². The number of rotatable bonds is 7. The number of nitrogens with two attached hydrogens (primary N) is 1. The highest BCUT2D eigenvalue weighted by Crippen LogP contribution is 2.55. The Morgan fingerprint density at radius 2 is 1.75 bits per heavy atom. The summed E-state index contributed by atoms with van der Waals surface area (Å²) >= 11 is 0. The summed E-state index contributed by atoms with van der Waals surface area (Å²) in [4.78, 5) is 4.56. The van der Waals surface area contributed by atoms with Gasteiger partial charge in [-0.05, 0) is 19.1 Å². The molecular weight excluding hydrogens is 386 g/mol. The minimum Gasteiger partial charge on any atom is -0.493 e. The molecule has 1 aromatic heterocycles. The zero-order valence-electron chi connectivity index (χ0n) is 17.1. The lowest BCUT2D eigenvalue weighted by Gasteiger charge is -2.56. The second kappa shape index (κ2) is 8.14. The SMILES string of the molecule is CCOC1CC(N)(c2nc(-c3cc(OC)c(OC)c(OC)c3)no2)C1(C)C.Cl. The zero-order chi connectivity index (χ0) is 19.8. The molecule has 156 valence electrons. The first kappa shape index (κ1) is 22.3. The number of halogens is 1. The van der Waals surface area contributed by atoms with Gasteiger partial charge >= 0.3 is 0 Å². The Hall–Kier alpha value is -2.03. The lowest BCUT2D eigenvalue weighted by atomic mass is 9.54. The van der Waals surface area contributed by atoms with Crippen molar-refractivity contribution in [2.75, 3.05) is 27.9 Å². The lowest BCUT2D eigenvalue weighted by Crippen LogP contribution is -2.67. The van der Waals surface area contributed by atoms with Crippen molar-refractivity contribution in [1.82, 2.24) is 10.1 Å². The zero-order valence-corrected chi connectivity index (χ0v) is 17.9. The van der Waals surface area contributed by atoms with E-state index >= 15 is 0 Å². The Morgan fingerprint density at radius 1 is 1.14 bits per heavy atom. The third kappa shape index (κ3) is 3.29. The quantitative estimate of drug-likeness (QED) is 0.738. The first-order valence-electron chi connectivity index (χ1n) is 8.87. The van der Waals surface area contributed by atoms with Crippen LogP contribution in [0.15, 0.2) is 16.7 Å². The maximum atomic E-state index is 6.63. The monoisotopic (exact) mass is 413 g/mol. The van der Waals surface area contributed by atoms with Gasteiger partial charge in [-0.15, -0.1) is 12.4 Å². The van der Waals surface area contributed by atoms with Gasteiger partial charge in [-0.3, -0.25) is 0 Å². The van der Waals surface area contributed by atoms with Gasteiger partial charge in [0, 0.05) is 24.0 Å². The molecule has 1 aliphatic rings. The molecule has 0 saturated heterocycles. The van der Waals surface area contributed by atoms with Crippen molar-refractivity contribution < 1.29 is 23.5 Å². The van der Waals surface area contributed by atoms with Crippen LogP contribution in [0.3, 0.4) is 0 Å². The Balaban J connectivity index is 0.00000280. The molecule has 1 saturated carbocycles. The van der Waals surface area contributed by atoms with Gasteiger partial charge in [-0.25, -0.2) is 0 Å². The third-order valence-electron chi connectivity index (χ3n) is 5.56. The molecule has 1 fully saturated rings. The highest BCUT2D eigenvalue weighted by atomic mass is 35.5. The molecule has 0 amide bonds. The number of nitrogens with zero attached hydrogens (tertiary/aromatic N) is 2. The van der Waals surface area contributed by atoms with Gasteiger partial charge in [-0.2, -0.15) is 4.98 Å². The van der Waals surface area contributed by atoms with Crippen molar-refractivity contribution in [2.24, 2.45) is 11.1 Å². The fourth-order valence-electron chi connectivity index (χ4n) is 3.53. The minimum atomic E-state index is -0.737. The van der Waals surface area contributed by atoms with E-state index in [1.54, 1.807) is 33.5 Å². The minimum absolute atomic E-state index is 0. The van der Waals surface area contributed by atoms with E-state index in [0.717, 1.165) is 0 Å². The average Bonchev–Trinajstić information content (AvgIpc) is 3.16. The fourth-order valence-corrected chi connectivity index (χ4v) is 3.53. The van der Waals surface area contributed by atoms with Crippen molar-refractivity contribution in [3.63, 3.8) is 0 Å². The van der Waals surface area contributed by atoms with Crippen molar-refractivity contribution >= 4 is 12.4 Å². The lowest BCUT2D eigenvalue weighted by molar-refractivity contribution is -0.162. The Bertz CT molecular complexity index is 801. The Morgan fingerprint density at radius 3 is 2.21 bits per heavy atom. The number of hydrogen-bond donors (Lipinski definition) is 1. The van der Waals surface area contributed by atoms with Crippen LogP contribution in [0.25, 0.3) is 11.4 Å². The molecule has 2 aromatic rings. The highest BCUT2D eigenvalue weighted by molar-refractivity contribution is 5.85. The molecule has 2 atom stereocenters. The second-order valence-electron chi connectivity index (χ2n) is 7.18. The van der Waals surface area contributed by atoms with Gasteiger partial charge in [0.05, 0.1) is 27.4 Å². The summed E-state index contributed by atoms with van der Waals surface area (Å²) in [5.41, 5.74) is 6.25. The van der Waals surface area contributed by atoms with Crippen molar-refractivity contribution in [3.8, 4) is 28.6 Å². The van der Waals surface area contributed by atoms with E-state index < -0.39 is 5.54 Å². The number of hydrogen-bond acceptors (Lipinski definition) is 8. The van der Waals surface area contributed by atoms with Gasteiger partial charge < -0.3 is 29.2 Å². The van der Waals surface area contributed by atoms with Crippen LogP contribution in [-0.2, 0) is 10.3 Å². The normalized spacial score (nSPS) is 22.8. The average molecular weight is 414 g/mol. The van der Waals surface area contributed by atoms with Crippen LogP contribution in [0.1, 0.15) is 33.1 Å². The molecule has 0 spiro atoms. The first-order chi connectivity index (χ1) is 12.8. The Kier molecular flexibility index (Phi) is 6.48. The predicted molar refractivity (Wildman–Crippen MR) is 106 cm³/mol. The molecule has 3 rings (SSSR count). The van der Waals surface area contributed by atoms with Crippen LogP contribution in [0.2, 0.25) is 0 Å². The van der Waals surface area contributed by atoms with Gasteiger partial charge in [0.15, 0.2) is 11.5 Å². The molecule has 0 bridgehead atoms.